The van der Waals surface area contributed by atoms with E-state index in [1.165, 1.54) is 17.5 Å². The van der Waals surface area contributed by atoms with Gasteiger partial charge in [0.2, 0.25) is 5.91 Å². The van der Waals surface area contributed by atoms with Crippen LogP contribution in [0.1, 0.15) is 48.9 Å². The molecule has 2 aromatic rings. The number of carbonyl (C=O) groups excluding carboxylic acids is 1. The van der Waals surface area contributed by atoms with Crippen LogP contribution in [0.4, 0.5) is 0 Å². The van der Waals surface area contributed by atoms with Gasteiger partial charge in [0.25, 0.3) is 0 Å². The molecule has 0 aromatic heterocycles. The predicted molar refractivity (Wildman–Crippen MR) is 121 cm³/mol. The number of nitrogens with one attached hydrogen (secondary N) is 3. The van der Waals surface area contributed by atoms with Crippen LogP contribution in [-0.4, -0.2) is 30.1 Å². The molecule has 0 aliphatic carbocycles. The third kappa shape index (κ3) is 3.94. The minimum absolute atomic E-state index is 0.0179. The average Bonchev–Trinajstić information content (AvgIpc) is 3.24. The molecule has 3 fully saturated rings. The van der Waals surface area contributed by atoms with Crippen molar-refractivity contribution in [2.24, 2.45) is 11.8 Å². The number of hydrazine groups is 1. The molecule has 3 heterocycles. The summed E-state index contributed by atoms with van der Waals surface area (Å²) >= 11 is 3.53. The molecule has 158 valence electrons. The maximum Gasteiger partial charge on any atom is 0.226 e. The van der Waals surface area contributed by atoms with Gasteiger partial charge in [-0.3, -0.25) is 10.1 Å². The van der Waals surface area contributed by atoms with E-state index in [1.54, 1.807) is 0 Å². The molecular weight excluding hydrogens is 440 g/mol. The Kier molecular flexibility index (Phi) is 5.92. The highest BCUT2D eigenvalue weighted by Crippen LogP contribution is 2.43. The second kappa shape index (κ2) is 8.79. The van der Waals surface area contributed by atoms with Gasteiger partial charge in [0.1, 0.15) is 0 Å². The maximum atomic E-state index is 13.7. The average molecular weight is 469 g/mol. The van der Waals surface area contributed by atoms with Crippen LogP contribution in [0.25, 0.3) is 0 Å². The van der Waals surface area contributed by atoms with Crippen LogP contribution >= 0.6 is 15.9 Å². The zero-order chi connectivity index (χ0) is 20.5. The van der Waals surface area contributed by atoms with Crippen LogP contribution in [0.15, 0.2) is 59.1 Å². The summed E-state index contributed by atoms with van der Waals surface area (Å²) in [7, 11) is 0. The zero-order valence-corrected chi connectivity index (χ0v) is 18.6. The Balaban J connectivity index is 1.46. The lowest BCUT2D eigenvalue weighted by molar-refractivity contribution is -0.140. The van der Waals surface area contributed by atoms with Gasteiger partial charge in [0.15, 0.2) is 0 Å². The molecule has 0 saturated carbocycles. The van der Waals surface area contributed by atoms with Gasteiger partial charge < -0.3 is 4.90 Å². The number of carbonyl (C=O) groups is 1. The van der Waals surface area contributed by atoms with E-state index in [1.807, 2.05) is 6.07 Å². The van der Waals surface area contributed by atoms with Crippen LogP contribution in [0.2, 0.25) is 0 Å². The van der Waals surface area contributed by atoms with Crippen LogP contribution < -0.4 is 16.2 Å². The first-order valence-electron chi connectivity index (χ1n) is 11.1. The van der Waals surface area contributed by atoms with Gasteiger partial charge in [0.05, 0.1) is 12.2 Å². The van der Waals surface area contributed by atoms with Crippen molar-refractivity contribution >= 4 is 21.8 Å². The summed E-state index contributed by atoms with van der Waals surface area (Å²) in [6, 6.07) is 19.3. The van der Waals surface area contributed by atoms with E-state index in [2.05, 4.69) is 85.5 Å². The van der Waals surface area contributed by atoms with Crippen molar-refractivity contribution in [2.45, 2.75) is 43.9 Å². The van der Waals surface area contributed by atoms with E-state index in [-0.39, 0.29) is 30.1 Å². The Morgan fingerprint density at radius 1 is 0.900 bits per heavy atom. The second-order valence-electron chi connectivity index (χ2n) is 8.73. The van der Waals surface area contributed by atoms with Gasteiger partial charge in [-0.2, -0.15) is 0 Å². The van der Waals surface area contributed by atoms with E-state index >= 15 is 0 Å². The van der Waals surface area contributed by atoms with Crippen LogP contribution in [0, 0.1) is 11.8 Å². The fourth-order valence-electron chi connectivity index (χ4n) is 5.39. The van der Waals surface area contributed by atoms with Crippen molar-refractivity contribution in [1.82, 2.24) is 21.1 Å². The summed E-state index contributed by atoms with van der Waals surface area (Å²) in [5.41, 5.74) is 9.43. The summed E-state index contributed by atoms with van der Waals surface area (Å²) in [5.74, 6) is 0.490. The first-order valence-corrected chi connectivity index (χ1v) is 11.9. The van der Waals surface area contributed by atoms with Crippen molar-refractivity contribution in [3.05, 3.63) is 70.2 Å². The molecule has 0 radical (unpaired) electrons. The van der Waals surface area contributed by atoms with Crippen molar-refractivity contribution < 1.29 is 4.79 Å². The van der Waals surface area contributed by atoms with E-state index in [4.69, 9.17) is 0 Å². The molecule has 0 bridgehead atoms. The molecule has 5 unspecified atom stereocenters. The molecule has 5 nitrogen and oxygen atoms in total. The normalized spacial score (nSPS) is 31.4. The Morgan fingerprint density at radius 2 is 1.63 bits per heavy atom. The Hall–Kier alpha value is -1.73. The molecule has 1 amide bonds. The molecule has 3 aliphatic heterocycles. The fourth-order valence-corrected chi connectivity index (χ4v) is 5.65. The van der Waals surface area contributed by atoms with E-state index in [0.717, 1.165) is 36.8 Å². The first kappa shape index (κ1) is 20.2. The standard InChI is InChI=1S/C24H29BrN4O/c25-18-11-9-16(10-12-18)20-15-19(24(30)29-13-5-2-6-14-29)21-22(27-28-23(21)26-20)17-7-3-1-4-8-17/h1,3-4,7-12,19-23,26-28H,2,5-6,13-15H2. The quantitative estimate of drug-likeness (QED) is 0.639. The van der Waals surface area contributed by atoms with Crippen LogP contribution in [-0.2, 0) is 4.79 Å². The van der Waals surface area contributed by atoms with E-state index < -0.39 is 0 Å². The number of fused-ring (bicyclic) bond motifs is 1. The monoisotopic (exact) mass is 468 g/mol. The molecule has 30 heavy (non-hydrogen) atoms. The smallest absolute Gasteiger partial charge is 0.226 e. The second-order valence-corrected chi connectivity index (χ2v) is 9.65. The molecule has 3 saturated heterocycles. The molecule has 5 atom stereocenters. The van der Waals surface area contributed by atoms with Gasteiger partial charge in [-0.15, -0.1) is 0 Å². The van der Waals surface area contributed by atoms with Crippen LogP contribution in [0.3, 0.4) is 0 Å². The molecular formula is C24H29BrN4O. The van der Waals surface area contributed by atoms with Crippen LogP contribution in [0.5, 0.6) is 0 Å². The summed E-state index contributed by atoms with van der Waals surface area (Å²) in [5, 5.41) is 3.78. The summed E-state index contributed by atoms with van der Waals surface area (Å²) in [4.78, 5) is 15.9. The van der Waals surface area contributed by atoms with Crippen molar-refractivity contribution in [2.75, 3.05) is 13.1 Å². The summed E-state index contributed by atoms with van der Waals surface area (Å²) in [6.07, 6.45) is 4.36. The topological polar surface area (TPSA) is 56.4 Å². The minimum atomic E-state index is -0.0179. The Labute approximate surface area is 186 Å². The van der Waals surface area contributed by atoms with Gasteiger partial charge in [0, 0.05) is 35.4 Å². The summed E-state index contributed by atoms with van der Waals surface area (Å²) < 4.78 is 1.07. The lowest BCUT2D eigenvalue weighted by Crippen LogP contribution is -2.55. The third-order valence-corrected chi connectivity index (χ3v) is 7.44. The molecule has 3 aliphatic rings. The first-order chi connectivity index (χ1) is 14.7. The van der Waals surface area contributed by atoms with Gasteiger partial charge >= 0.3 is 0 Å². The highest BCUT2D eigenvalue weighted by molar-refractivity contribution is 9.10. The number of hydrogen-bond acceptors (Lipinski definition) is 4. The fraction of sp³-hybridized carbons (Fsp3) is 0.458. The number of halogens is 1. The molecule has 5 rings (SSSR count). The zero-order valence-electron chi connectivity index (χ0n) is 17.1. The Bertz CT molecular complexity index is 869. The SMILES string of the molecule is O=C(C1CC(c2ccc(Br)cc2)NC2NNC(c3ccccc3)C21)N1CCCCC1. The summed E-state index contributed by atoms with van der Waals surface area (Å²) in [6.45, 7) is 1.81. The number of amides is 1. The van der Waals surface area contributed by atoms with Crippen molar-refractivity contribution in [3.63, 3.8) is 0 Å². The molecule has 3 N–H and O–H groups in total. The predicted octanol–water partition coefficient (Wildman–Crippen LogP) is 3.90. The highest BCUT2D eigenvalue weighted by Gasteiger charge is 2.50. The number of likely N-dealkylation sites (tertiary alicyclic amines) is 1. The third-order valence-electron chi connectivity index (χ3n) is 6.92. The highest BCUT2D eigenvalue weighted by atomic mass is 79.9. The maximum absolute atomic E-state index is 13.7. The molecule has 2 aromatic carbocycles. The lowest BCUT2D eigenvalue weighted by Gasteiger charge is -2.42. The van der Waals surface area contributed by atoms with Gasteiger partial charge in [-0.1, -0.05) is 58.4 Å². The van der Waals surface area contributed by atoms with Crippen molar-refractivity contribution in [3.8, 4) is 0 Å². The lowest BCUT2D eigenvalue weighted by atomic mass is 9.74. The minimum Gasteiger partial charge on any atom is -0.342 e. The number of benzene rings is 2. The van der Waals surface area contributed by atoms with Crippen molar-refractivity contribution in [1.29, 1.82) is 0 Å². The number of hydrogen-bond donors (Lipinski definition) is 3. The largest absolute Gasteiger partial charge is 0.342 e. The Morgan fingerprint density at radius 3 is 2.37 bits per heavy atom. The number of piperidine rings is 2. The number of nitrogens with zero attached hydrogens (tertiary/aromatic N) is 1. The van der Waals surface area contributed by atoms with E-state index in [9.17, 15) is 4.79 Å². The molecule has 6 heteroatoms. The molecule has 0 spiro atoms. The number of rotatable bonds is 3. The van der Waals surface area contributed by atoms with E-state index in [0.29, 0.717) is 5.91 Å². The van der Waals surface area contributed by atoms with Gasteiger partial charge in [-0.25, -0.2) is 10.9 Å². The van der Waals surface area contributed by atoms with Gasteiger partial charge in [-0.05, 0) is 48.9 Å².